The van der Waals surface area contributed by atoms with Gasteiger partial charge in [-0.05, 0) is 49.4 Å². The molecule has 76 valence electrons. The molecule has 1 aromatic rings. The Morgan fingerprint density at radius 2 is 1.86 bits per heavy atom. The second kappa shape index (κ2) is 4.32. The number of hydrogen-bond donors (Lipinski definition) is 1. The van der Waals surface area contributed by atoms with E-state index in [1.807, 2.05) is 0 Å². The smallest absolute Gasteiger partial charge is 0.0854 e. The van der Waals surface area contributed by atoms with Crippen LogP contribution in [0, 0.1) is 20.8 Å². The fourth-order valence-electron chi connectivity index (χ4n) is 1.56. The van der Waals surface area contributed by atoms with E-state index in [0.29, 0.717) is 6.42 Å². The topological polar surface area (TPSA) is 20.2 Å². The number of hydrogen-bond acceptors (Lipinski definition) is 1. The Hall–Kier alpha value is -1.24. The van der Waals surface area contributed by atoms with Crippen LogP contribution in [0.4, 0.5) is 0 Å². The molecule has 1 heteroatoms. The molecule has 0 aliphatic rings. The summed E-state index contributed by atoms with van der Waals surface area (Å²) in [4.78, 5) is 0. The lowest BCUT2D eigenvalue weighted by molar-refractivity contribution is 0.391. The fraction of sp³-hybridized carbons (Fsp3) is 0.385. The van der Waals surface area contributed by atoms with Crippen LogP contribution in [0.15, 0.2) is 24.5 Å². The van der Waals surface area contributed by atoms with Crippen molar-refractivity contribution in [2.75, 3.05) is 0 Å². The van der Waals surface area contributed by atoms with Crippen molar-refractivity contribution in [3.05, 3.63) is 46.7 Å². The van der Waals surface area contributed by atoms with Gasteiger partial charge >= 0.3 is 0 Å². The van der Waals surface area contributed by atoms with Gasteiger partial charge in [0.1, 0.15) is 0 Å². The Labute approximate surface area is 86.1 Å². The molecule has 0 aromatic heterocycles. The average molecular weight is 190 g/mol. The summed E-state index contributed by atoms with van der Waals surface area (Å²) in [7, 11) is 0. The van der Waals surface area contributed by atoms with Crippen LogP contribution in [0.5, 0.6) is 0 Å². The van der Waals surface area contributed by atoms with E-state index in [1.54, 1.807) is 0 Å². The summed E-state index contributed by atoms with van der Waals surface area (Å²) >= 11 is 0. The van der Waals surface area contributed by atoms with E-state index in [2.05, 4.69) is 39.5 Å². The summed E-state index contributed by atoms with van der Waals surface area (Å²) in [5, 5.41) is 9.03. The van der Waals surface area contributed by atoms with Gasteiger partial charge in [-0.25, -0.2) is 0 Å². The van der Waals surface area contributed by atoms with Crippen molar-refractivity contribution in [1.29, 1.82) is 0 Å². The molecule has 0 amide bonds. The molecule has 14 heavy (non-hydrogen) atoms. The van der Waals surface area contributed by atoms with Crippen molar-refractivity contribution in [1.82, 2.24) is 0 Å². The van der Waals surface area contributed by atoms with Crippen LogP contribution in [0.3, 0.4) is 0 Å². The molecule has 1 nitrogen and oxygen atoms in total. The van der Waals surface area contributed by atoms with Crippen LogP contribution in [0.25, 0.3) is 0 Å². The normalized spacial score (nSPS) is 10.2. The molecular weight excluding hydrogens is 172 g/mol. The quantitative estimate of drug-likeness (QED) is 0.722. The maximum absolute atomic E-state index is 9.03. The van der Waals surface area contributed by atoms with Gasteiger partial charge in [0.15, 0.2) is 0 Å². The lowest BCUT2D eigenvalue weighted by atomic mass is 9.96. The summed E-state index contributed by atoms with van der Waals surface area (Å²) in [5.74, 6) is 0.266. The first-order chi connectivity index (χ1) is 6.52. The van der Waals surface area contributed by atoms with Crippen LogP contribution >= 0.6 is 0 Å². The Morgan fingerprint density at radius 3 is 2.43 bits per heavy atom. The summed E-state index contributed by atoms with van der Waals surface area (Å²) in [6.45, 7) is 9.90. The second-order valence-corrected chi connectivity index (χ2v) is 3.86. The highest BCUT2D eigenvalue weighted by Crippen LogP contribution is 2.18. The Bertz CT molecular complexity index is 350. The first-order valence-corrected chi connectivity index (χ1v) is 4.94. The third-order valence-corrected chi connectivity index (χ3v) is 2.85. The van der Waals surface area contributed by atoms with Gasteiger partial charge in [0.25, 0.3) is 0 Å². The van der Waals surface area contributed by atoms with Crippen LogP contribution in [-0.2, 0) is 6.42 Å². The van der Waals surface area contributed by atoms with Crippen molar-refractivity contribution < 1.29 is 5.11 Å². The Morgan fingerprint density at radius 1 is 1.21 bits per heavy atom. The van der Waals surface area contributed by atoms with Gasteiger partial charge in [0.2, 0.25) is 0 Å². The monoisotopic (exact) mass is 190 g/mol. The minimum absolute atomic E-state index is 0.266. The third kappa shape index (κ3) is 2.38. The standard InChI is InChI=1S/C13H18O/c1-9-5-7-13(8-6-10(2)14)12(4)11(9)3/h5,7,14H,2,6,8H2,1,3-4H3. The maximum Gasteiger partial charge on any atom is 0.0854 e. The highest BCUT2D eigenvalue weighted by molar-refractivity contribution is 5.38. The highest BCUT2D eigenvalue weighted by Gasteiger charge is 2.03. The first kappa shape index (κ1) is 10.8. The van der Waals surface area contributed by atoms with Gasteiger partial charge in [-0.1, -0.05) is 18.7 Å². The van der Waals surface area contributed by atoms with E-state index in [9.17, 15) is 0 Å². The van der Waals surface area contributed by atoms with Crippen LogP contribution in [0.1, 0.15) is 28.7 Å². The predicted molar refractivity (Wildman–Crippen MR) is 60.7 cm³/mol. The fourth-order valence-corrected chi connectivity index (χ4v) is 1.56. The summed E-state index contributed by atoms with van der Waals surface area (Å²) in [5.41, 5.74) is 5.33. The zero-order valence-corrected chi connectivity index (χ0v) is 9.22. The molecule has 0 saturated carbocycles. The van der Waals surface area contributed by atoms with Crippen molar-refractivity contribution in [3.8, 4) is 0 Å². The minimum Gasteiger partial charge on any atom is -0.513 e. The number of benzene rings is 1. The van der Waals surface area contributed by atoms with E-state index in [4.69, 9.17) is 5.11 Å². The lowest BCUT2D eigenvalue weighted by Crippen LogP contribution is -1.95. The summed E-state index contributed by atoms with van der Waals surface area (Å²) < 4.78 is 0. The van der Waals surface area contributed by atoms with Gasteiger partial charge in [-0.2, -0.15) is 0 Å². The van der Waals surface area contributed by atoms with Gasteiger partial charge in [-0.15, -0.1) is 0 Å². The van der Waals surface area contributed by atoms with Crippen molar-refractivity contribution in [3.63, 3.8) is 0 Å². The third-order valence-electron chi connectivity index (χ3n) is 2.85. The first-order valence-electron chi connectivity index (χ1n) is 4.94. The number of allylic oxidation sites excluding steroid dienone is 1. The van der Waals surface area contributed by atoms with Crippen molar-refractivity contribution in [2.45, 2.75) is 33.6 Å². The lowest BCUT2D eigenvalue weighted by Gasteiger charge is -2.10. The summed E-state index contributed by atoms with van der Waals surface area (Å²) in [6, 6.07) is 4.28. The zero-order chi connectivity index (χ0) is 10.7. The largest absolute Gasteiger partial charge is 0.513 e. The molecule has 0 radical (unpaired) electrons. The molecule has 0 fully saturated rings. The molecule has 1 rings (SSSR count). The Kier molecular flexibility index (Phi) is 3.34. The predicted octanol–water partition coefficient (Wildman–Crippen LogP) is 3.62. The molecule has 1 aromatic carbocycles. The van der Waals surface area contributed by atoms with Crippen molar-refractivity contribution in [2.24, 2.45) is 0 Å². The molecule has 1 N–H and O–H groups in total. The van der Waals surface area contributed by atoms with E-state index in [-0.39, 0.29) is 5.76 Å². The van der Waals surface area contributed by atoms with Crippen LogP contribution in [-0.4, -0.2) is 5.11 Å². The van der Waals surface area contributed by atoms with E-state index in [1.165, 1.54) is 22.3 Å². The minimum atomic E-state index is 0.266. The molecular formula is C13H18O. The second-order valence-electron chi connectivity index (χ2n) is 3.86. The van der Waals surface area contributed by atoms with Gasteiger partial charge in [0.05, 0.1) is 5.76 Å². The van der Waals surface area contributed by atoms with E-state index >= 15 is 0 Å². The van der Waals surface area contributed by atoms with Crippen LogP contribution in [0.2, 0.25) is 0 Å². The van der Waals surface area contributed by atoms with Crippen molar-refractivity contribution >= 4 is 0 Å². The molecule has 0 spiro atoms. The number of aliphatic hydroxyl groups excluding tert-OH is 1. The van der Waals surface area contributed by atoms with Gasteiger partial charge < -0.3 is 5.11 Å². The number of rotatable bonds is 3. The molecule has 0 bridgehead atoms. The molecule has 0 atom stereocenters. The SMILES string of the molecule is C=C(O)CCc1ccc(C)c(C)c1C. The molecule has 0 aliphatic heterocycles. The molecule has 0 unspecified atom stereocenters. The maximum atomic E-state index is 9.03. The number of aliphatic hydroxyl groups is 1. The van der Waals surface area contributed by atoms with E-state index in [0.717, 1.165) is 6.42 Å². The molecule has 0 heterocycles. The molecule has 0 aliphatic carbocycles. The molecule has 0 saturated heterocycles. The zero-order valence-electron chi connectivity index (χ0n) is 9.22. The van der Waals surface area contributed by atoms with Gasteiger partial charge in [0, 0.05) is 6.42 Å². The number of aryl methyl sites for hydroxylation is 2. The average Bonchev–Trinajstić information content (AvgIpc) is 2.13. The summed E-state index contributed by atoms with van der Waals surface area (Å²) in [6.07, 6.45) is 1.53. The highest BCUT2D eigenvalue weighted by atomic mass is 16.3. The van der Waals surface area contributed by atoms with Crippen LogP contribution < -0.4 is 0 Å². The Balaban J connectivity index is 2.88. The van der Waals surface area contributed by atoms with E-state index < -0.39 is 0 Å². The van der Waals surface area contributed by atoms with Gasteiger partial charge in [-0.3, -0.25) is 0 Å².